The Hall–Kier alpha value is -0.630. The van der Waals surface area contributed by atoms with Crippen molar-refractivity contribution in [3.05, 3.63) is 0 Å². The van der Waals surface area contributed by atoms with Gasteiger partial charge in [-0.25, -0.2) is 0 Å². The van der Waals surface area contributed by atoms with Crippen molar-refractivity contribution in [1.82, 2.24) is 0 Å². The topological polar surface area (TPSA) is 380 Å². The van der Waals surface area contributed by atoms with Gasteiger partial charge in [0.25, 0.3) is 0 Å². The molecule has 0 radical (unpaired) electrons. The van der Waals surface area contributed by atoms with E-state index in [4.69, 9.17) is 133 Å². The van der Waals surface area contributed by atoms with E-state index < -0.39 is 255 Å². The lowest BCUT2D eigenvalue weighted by atomic mass is 9.94. The average Bonchev–Trinajstić information content (AvgIpc) is 0.860. The third-order valence-electron chi connectivity index (χ3n) is 29.2. The fraction of sp³-hybridized carbons (Fsp3) is 1.00. The van der Waals surface area contributed by atoms with Gasteiger partial charge in [0.15, 0.2) is 44.0 Å². The lowest BCUT2D eigenvalue weighted by Crippen LogP contribution is -2.69. The van der Waals surface area contributed by atoms with Crippen LogP contribution in [-0.4, -0.2) is 382 Å². The monoisotopic (exact) mass is 2230 g/mol. The van der Waals surface area contributed by atoms with Gasteiger partial charge in [0, 0.05) is 96.9 Å². The minimum Gasteiger partial charge on any atom is -0.394 e. The summed E-state index contributed by atoms with van der Waals surface area (Å²) >= 11 is 2.33. The summed E-state index contributed by atoms with van der Waals surface area (Å²) in [5.74, 6) is 0. The van der Waals surface area contributed by atoms with Crippen LogP contribution in [0.2, 0.25) is 0 Å². The molecule has 35 atom stereocenters. The van der Waals surface area contributed by atoms with Crippen LogP contribution in [0.1, 0.15) is 367 Å². The maximum atomic E-state index is 12.4. The first-order valence-electron chi connectivity index (χ1n) is 59.2. The Morgan fingerprint density at radius 3 is 0.347 bits per heavy atom. The molecule has 21 fully saturated rings. The van der Waals surface area contributed by atoms with Crippen molar-refractivity contribution in [3.8, 4) is 0 Å². The number of hydrogen-bond acceptors (Lipinski definition) is 34. The van der Waals surface area contributed by atoms with Gasteiger partial charge in [0.1, 0.15) is 165 Å². The summed E-state index contributed by atoms with van der Waals surface area (Å²) in [6, 6.07) is 0. The van der Waals surface area contributed by atoms with Gasteiger partial charge in [-0.15, -0.1) is 0 Å². The molecule has 34 nitrogen and oxygen atoms in total. The Morgan fingerprint density at radius 2 is 0.245 bits per heavy atom. The number of halogens is 1. The predicted octanol–water partition coefficient (Wildman–Crippen LogP) is 17.2. The average molecular weight is 2230 g/mol. The normalized spacial score (nSPS) is 34.7. The summed E-state index contributed by atoms with van der Waals surface area (Å²) in [5, 5.41) is 74.3. The highest BCUT2D eigenvalue weighted by Crippen LogP contribution is 2.46. The molecule has 0 aromatic carbocycles. The largest absolute Gasteiger partial charge is 0.394 e. The highest BCUT2D eigenvalue weighted by molar-refractivity contribution is 14.1. The number of rotatable bonds is 77. The van der Waals surface area contributed by atoms with Crippen LogP contribution in [-0.2, 0) is 133 Å². The van der Waals surface area contributed by atoms with Crippen molar-refractivity contribution >= 4 is 22.6 Å². The first-order chi connectivity index (χ1) is 72.2. The molecule has 35 heteroatoms. The smallest absolute Gasteiger partial charge is 0.187 e. The van der Waals surface area contributed by atoms with E-state index in [-0.39, 0.29) is 85.9 Å². The second-order valence-electron chi connectivity index (χ2n) is 41.4. The second kappa shape index (κ2) is 79.4. The molecular formula is C112H209IO34. The zero-order valence-corrected chi connectivity index (χ0v) is 95.4. The third-order valence-corrected chi connectivity index (χ3v) is 30.1. The van der Waals surface area contributed by atoms with Crippen LogP contribution in [0.4, 0.5) is 0 Å². The fourth-order valence-electron chi connectivity index (χ4n) is 20.7. The molecule has 0 aromatic rings. The van der Waals surface area contributed by atoms with Crippen molar-refractivity contribution < 1.29 is 163 Å². The second-order valence-corrected chi connectivity index (χ2v) is 42.2. The number of ether oxygens (including phenoxy) is 28. The van der Waals surface area contributed by atoms with Gasteiger partial charge in [0.05, 0.1) is 45.7 Å². The van der Waals surface area contributed by atoms with E-state index in [2.05, 4.69) is 120 Å². The van der Waals surface area contributed by atoms with E-state index in [1.54, 1.807) is 0 Å². The van der Waals surface area contributed by atoms with E-state index in [9.17, 15) is 30.6 Å². The number of unbranched alkanes of at least 4 members (excludes halogenated alkanes) is 28. The van der Waals surface area contributed by atoms with E-state index in [0.29, 0.717) is 101 Å². The van der Waals surface area contributed by atoms with Crippen LogP contribution in [0.3, 0.4) is 0 Å². The van der Waals surface area contributed by atoms with Crippen LogP contribution in [0, 0.1) is 0 Å². The molecule has 0 aliphatic carbocycles. The molecule has 0 saturated carbocycles. The van der Waals surface area contributed by atoms with Gasteiger partial charge in [-0.1, -0.05) is 299 Å². The number of alkyl halides is 1. The number of hydrogen-bond donors (Lipinski definition) is 6. The summed E-state index contributed by atoms with van der Waals surface area (Å²) in [7, 11) is 0. The van der Waals surface area contributed by atoms with Crippen LogP contribution >= 0.6 is 22.6 Å². The molecule has 0 aromatic heterocycles. The quantitative estimate of drug-likeness (QED) is 0.0187. The van der Waals surface area contributed by atoms with Crippen molar-refractivity contribution in [2.75, 3.05) is 137 Å². The van der Waals surface area contributed by atoms with E-state index >= 15 is 0 Å². The van der Waals surface area contributed by atoms with Gasteiger partial charge < -0.3 is 163 Å². The third kappa shape index (κ3) is 42.4. The van der Waals surface area contributed by atoms with Crippen LogP contribution in [0.15, 0.2) is 0 Å². The summed E-state index contributed by atoms with van der Waals surface area (Å²) in [5.41, 5.74) is 0. The minimum absolute atomic E-state index is 0.216. The standard InChI is InChI=1S/C112H209IO34/c1-15-29-43-57-120-92-85-78(71-113)134-106(99(92)127-64-50-36-22-8)142-86-79(72-114)136-108(101(129-66-52-38-24-10)93(86)121-58-44-30-16-2)144-88-81(74-116)138-110(103(131-68-54-40-26-12)95(88)123-60-46-32-18-4)146-90-83(76-118)140-112(105(133-70-56-42-28-14)97(90)125-62-48-34-20-6)147-91-84(77-119)139-111(104(132-69-55-41-27-13)98(91)126-63-49-35-21-7)145-89-82(75-117)137-109(102(130-67-53-39-25-11)96(89)124-61-47-33-19-5)143-87-80(73-115)135-107(141-85)100(128-65-51-37-23-9)94(87)122-59-45-31-17-3/h78-112,114-119H,15-77H2,1-14H3/t78-,79-,80-,81-,82-,83-,84-,85-,86+,87+,88+,89+,90+,91+,92-,93-,94-,95-,96-,97-,98-,99-,100-,101-,102-,103-,104-,105-,106+,107-,108-,109-,110-,111-,112-/m1/s1. The molecule has 0 spiro atoms. The predicted molar refractivity (Wildman–Crippen MR) is 566 cm³/mol. The van der Waals surface area contributed by atoms with Crippen molar-refractivity contribution in [2.24, 2.45) is 0 Å². The van der Waals surface area contributed by atoms with E-state index in [0.717, 1.165) is 180 Å². The van der Waals surface area contributed by atoms with Gasteiger partial charge >= 0.3 is 0 Å². The van der Waals surface area contributed by atoms with Crippen LogP contribution < -0.4 is 0 Å². The molecule has 0 unspecified atom stereocenters. The van der Waals surface area contributed by atoms with Crippen LogP contribution in [0.25, 0.3) is 0 Å². The molecule has 868 valence electrons. The summed E-state index contributed by atoms with van der Waals surface area (Å²) < 4.78 is 208. The fourth-order valence-corrected chi connectivity index (χ4v) is 21.4. The van der Waals surface area contributed by atoms with E-state index in [1.165, 1.54) is 0 Å². The Kier molecular flexibility index (Phi) is 71.0. The highest BCUT2D eigenvalue weighted by atomic mass is 127. The number of aliphatic hydroxyl groups is 6. The molecule has 21 rings (SSSR count). The first kappa shape index (κ1) is 131. The Balaban J connectivity index is 1.46. The zero-order valence-electron chi connectivity index (χ0n) is 93.2. The van der Waals surface area contributed by atoms with Crippen molar-refractivity contribution in [3.63, 3.8) is 0 Å². The highest BCUT2D eigenvalue weighted by Gasteiger charge is 2.63. The lowest BCUT2D eigenvalue weighted by Gasteiger charge is -2.53. The molecule has 21 aliphatic heterocycles. The van der Waals surface area contributed by atoms with Gasteiger partial charge in [0.2, 0.25) is 0 Å². The SMILES string of the molecule is CCCCCO[C@@H]1[C@H]2O[C@H]3O[C@H](CO)[C@H](O[C@H]4O[C@H](CO)[C@H](O[C@H]5O[C@H](CO)[C@H](O[C@@H]6O[C@H](CI)[C@@H](O[C@H]7O[C@H](CO)[C@H](O[C@H]8O[C@H](CO)[C@H](O[C@@H](O[C@@H]2CO)[C@@H]1OCCCCC)[C@@H](OCCCCC)[C@H]8OCCCCC)[C@@H](OCCCCC)[C@H]7OCCCCC)[C@@H](OCCCCC)[C@H]6OCCCCC)[C@@H](OCCCCC)[C@H]5OCCCCC)[C@@H](OCCCCC)[C@H]4OCCCCC)[C@@H](OCCCCC)[C@H]3OCCCCC. The first-order valence-corrected chi connectivity index (χ1v) is 60.7. The Bertz CT molecular complexity index is 2560. The molecule has 21 saturated heterocycles. The number of aliphatic hydroxyl groups excluding tert-OH is 6. The summed E-state index contributed by atoms with van der Waals surface area (Å²) in [4.78, 5) is 0. The summed E-state index contributed by atoms with van der Waals surface area (Å²) in [6.07, 6.45) is -8.41. The van der Waals surface area contributed by atoms with Crippen molar-refractivity contribution in [2.45, 2.75) is 582 Å². The minimum atomic E-state index is -1.41. The van der Waals surface area contributed by atoms with Crippen LogP contribution in [0.5, 0.6) is 0 Å². The maximum absolute atomic E-state index is 12.4. The molecule has 21 aliphatic rings. The zero-order chi connectivity index (χ0) is 106. The van der Waals surface area contributed by atoms with Crippen molar-refractivity contribution in [1.29, 1.82) is 0 Å². The molecule has 14 bridgehead atoms. The molecular weight excluding hydrogens is 2020 g/mol. The Labute approximate surface area is 898 Å². The van der Waals surface area contributed by atoms with E-state index in [1.807, 2.05) is 0 Å². The lowest BCUT2D eigenvalue weighted by molar-refractivity contribution is -0.407. The molecule has 147 heavy (non-hydrogen) atoms. The molecule has 6 N–H and O–H groups in total. The summed E-state index contributed by atoms with van der Waals surface area (Å²) in [6.45, 7) is 29.4. The van der Waals surface area contributed by atoms with Gasteiger partial charge in [-0.05, 0) is 89.9 Å². The molecule has 0 amide bonds. The maximum Gasteiger partial charge on any atom is 0.187 e. The Morgan fingerprint density at radius 1 is 0.143 bits per heavy atom. The van der Waals surface area contributed by atoms with Gasteiger partial charge in [-0.2, -0.15) is 0 Å². The molecule has 21 heterocycles. The van der Waals surface area contributed by atoms with Gasteiger partial charge in [-0.3, -0.25) is 0 Å².